The third kappa shape index (κ3) is 4.74. The molecule has 0 saturated carbocycles. The van der Waals surface area contributed by atoms with Crippen molar-refractivity contribution in [1.82, 2.24) is 0 Å². The van der Waals surface area contributed by atoms with E-state index in [4.69, 9.17) is 0 Å². The quantitative estimate of drug-likeness (QED) is 0.355. The Morgan fingerprint density at radius 3 is 1.97 bits per heavy atom. The molecule has 0 aliphatic heterocycles. The summed E-state index contributed by atoms with van der Waals surface area (Å²) in [7, 11) is -1.44. The van der Waals surface area contributed by atoms with Crippen molar-refractivity contribution < 1.29 is 9.32 Å². The molecule has 0 aliphatic carbocycles. The van der Waals surface area contributed by atoms with Gasteiger partial charge in [-0.2, -0.15) is 0 Å². The lowest BCUT2D eigenvalue weighted by atomic mass is 9.89. The molecule has 0 amide bonds. The van der Waals surface area contributed by atoms with Crippen LogP contribution in [0.25, 0.3) is 10.8 Å². The number of benzene rings is 3. The first kappa shape index (κ1) is 24.4. The molecule has 3 aromatic rings. The molecule has 170 valence electrons. The molecule has 0 aliphatic rings. The third-order valence-electron chi connectivity index (χ3n) is 6.11. The Morgan fingerprint density at radius 2 is 1.44 bits per heavy atom. The minimum absolute atomic E-state index is 0.238. The van der Waals surface area contributed by atoms with Gasteiger partial charge < -0.3 is 5.11 Å². The molecule has 0 aromatic heterocycles. The van der Waals surface area contributed by atoms with Crippen LogP contribution in [0.1, 0.15) is 94.1 Å². The van der Waals surface area contributed by atoms with Crippen molar-refractivity contribution in [2.75, 3.05) is 0 Å². The maximum Gasteiger partial charge on any atom is 0.0865 e. The fraction of sp³-hybridized carbons (Fsp3) is 0.379. The zero-order chi connectivity index (χ0) is 23.6. The van der Waals surface area contributed by atoms with Gasteiger partial charge in [0.1, 0.15) is 0 Å². The van der Waals surface area contributed by atoms with Crippen molar-refractivity contribution in [2.45, 2.75) is 81.6 Å². The van der Waals surface area contributed by atoms with E-state index in [9.17, 15) is 9.32 Å². The van der Waals surface area contributed by atoms with E-state index in [0.29, 0.717) is 12.3 Å². The highest BCUT2D eigenvalue weighted by molar-refractivity contribution is 7.85. The fourth-order valence-electron chi connectivity index (χ4n) is 4.22. The maximum absolute atomic E-state index is 14.5. The molecule has 0 fully saturated rings. The molecule has 2 nitrogen and oxygen atoms in total. The first-order valence-corrected chi connectivity index (χ1v) is 12.7. The number of hydrogen-bond acceptors (Lipinski definition) is 2. The number of rotatable bonds is 8. The number of aliphatic hydroxyl groups is 1. The predicted molar refractivity (Wildman–Crippen MR) is 137 cm³/mol. The Labute approximate surface area is 195 Å². The van der Waals surface area contributed by atoms with Gasteiger partial charge in [0.05, 0.1) is 26.7 Å². The summed E-state index contributed by atoms with van der Waals surface area (Å²) in [6, 6.07) is 16.4. The zero-order valence-electron chi connectivity index (χ0n) is 20.2. The van der Waals surface area contributed by atoms with E-state index in [1.807, 2.05) is 36.4 Å². The third-order valence-corrected chi connectivity index (χ3v) is 7.78. The van der Waals surface area contributed by atoms with Gasteiger partial charge in [-0.15, -0.1) is 6.58 Å². The molecule has 3 rings (SSSR count). The average molecular weight is 449 g/mol. The second-order valence-corrected chi connectivity index (χ2v) is 10.9. The molecule has 2 atom stereocenters. The van der Waals surface area contributed by atoms with Crippen LogP contribution in [0.15, 0.2) is 71.0 Å². The highest BCUT2D eigenvalue weighted by Crippen LogP contribution is 2.40. The zero-order valence-corrected chi connectivity index (χ0v) is 21.0. The largest absolute Gasteiger partial charge is 0.388 e. The van der Waals surface area contributed by atoms with Crippen LogP contribution in [-0.2, 0) is 10.8 Å². The van der Waals surface area contributed by atoms with Gasteiger partial charge in [-0.05, 0) is 57.2 Å². The Kier molecular flexibility index (Phi) is 7.74. The first-order chi connectivity index (χ1) is 15.2. The summed E-state index contributed by atoms with van der Waals surface area (Å²) in [5.74, 6) is 0.873. The average Bonchev–Trinajstić information content (AvgIpc) is 2.76. The Morgan fingerprint density at radius 1 is 0.844 bits per heavy atom. The van der Waals surface area contributed by atoms with Gasteiger partial charge in [-0.25, -0.2) is 4.21 Å². The number of aliphatic hydroxyl groups excluding tert-OH is 1. The van der Waals surface area contributed by atoms with E-state index in [-0.39, 0.29) is 11.8 Å². The Balaban J connectivity index is 2.39. The van der Waals surface area contributed by atoms with Crippen LogP contribution < -0.4 is 0 Å². The first-order valence-electron chi connectivity index (χ1n) is 11.6. The summed E-state index contributed by atoms with van der Waals surface area (Å²) >= 11 is 0. The molecule has 3 aromatic carbocycles. The highest BCUT2D eigenvalue weighted by Gasteiger charge is 2.26. The van der Waals surface area contributed by atoms with E-state index >= 15 is 0 Å². The summed E-state index contributed by atoms with van der Waals surface area (Å²) in [5, 5.41) is 12.9. The highest BCUT2D eigenvalue weighted by atomic mass is 32.2. The van der Waals surface area contributed by atoms with Crippen LogP contribution in [0.4, 0.5) is 0 Å². The van der Waals surface area contributed by atoms with E-state index < -0.39 is 16.9 Å². The van der Waals surface area contributed by atoms with Crippen molar-refractivity contribution in [3.63, 3.8) is 0 Å². The number of hydrogen-bond donors (Lipinski definition) is 1. The van der Waals surface area contributed by atoms with Crippen molar-refractivity contribution in [1.29, 1.82) is 0 Å². The van der Waals surface area contributed by atoms with Crippen LogP contribution in [-0.4, -0.2) is 9.32 Å². The lowest BCUT2D eigenvalue weighted by Crippen LogP contribution is -2.11. The summed E-state index contributed by atoms with van der Waals surface area (Å²) in [6.07, 6.45) is 1.39. The smallest absolute Gasteiger partial charge is 0.0865 e. The summed E-state index contributed by atoms with van der Waals surface area (Å²) in [6.45, 7) is 16.9. The standard InChI is InChI=1S/C29H36O2S/c1-8-11-27(30)24-15-14-21-12-9-10-13-23(21)28(24)32(31)29-25(19(4)5)16-22(18(2)3)17-26(29)20(6)7/h8-10,12-20,27,30H,1,11H2,2-7H3/t27-,32?/m0/s1. The molecule has 0 bridgehead atoms. The summed E-state index contributed by atoms with van der Waals surface area (Å²) in [5.41, 5.74) is 4.27. The minimum atomic E-state index is -1.44. The van der Waals surface area contributed by atoms with Crippen LogP contribution in [0.2, 0.25) is 0 Å². The SMILES string of the molecule is C=CC[C@H](O)c1ccc2ccccc2c1S(=O)c1c(C(C)C)cc(C(C)C)cc1C(C)C. The van der Waals surface area contributed by atoms with Crippen molar-refractivity contribution in [3.8, 4) is 0 Å². The molecule has 0 heterocycles. The van der Waals surface area contributed by atoms with Gasteiger partial charge in [0, 0.05) is 0 Å². The molecular weight excluding hydrogens is 412 g/mol. The van der Waals surface area contributed by atoms with Gasteiger partial charge >= 0.3 is 0 Å². The van der Waals surface area contributed by atoms with E-state index in [0.717, 1.165) is 37.3 Å². The molecule has 1 N–H and O–H groups in total. The topological polar surface area (TPSA) is 37.3 Å². The second kappa shape index (κ2) is 10.1. The molecule has 0 spiro atoms. The maximum atomic E-state index is 14.5. The molecular formula is C29H36O2S. The monoisotopic (exact) mass is 448 g/mol. The van der Waals surface area contributed by atoms with Crippen LogP contribution in [0, 0.1) is 0 Å². The van der Waals surface area contributed by atoms with Crippen LogP contribution in [0.5, 0.6) is 0 Å². The summed E-state index contributed by atoms with van der Waals surface area (Å²) < 4.78 is 14.5. The van der Waals surface area contributed by atoms with Gasteiger partial charge in [-0.3, -0.25) is 0 Å². The van der Waals surface area contributed by atoms with E-state index in [1.54, 1.807) is 6.08 Å². The Bertz CT molecular complexity index is 1110. The van der Waals surface area contributed by atoms with Crippen molar-refractivity contribution in [2.24, 2.45) is 0 Å². The molecule has 0 saturated heterocycles. The van der Waals surface area contributed by atoms with Crippen molar-refractivity contribution in [3.05, 3.63) is 83.4 Å². The fourth-order valence-corrected chi connectivity index (χ4v) is 6.25. The van der Waals surface area contributed by atoms with Gasteiger partial charge in [-0.1, -0.05) is 96.1 Å². The number of fused-ring (bicyclic) bond motifs is 1. The lowest BCUT2D eigenvalue weighted by molar-refractivity contribution is 0.179. The Hall–Kier alpha value is -2.23. The van der Waals surface area contributed by atoms with Gasteiger partial charge in [0.15, 0.2) is 0 Å². The molecule has 0 radical (unpaired) electrons. The minimum Gasteiger partial charge on any atom is -0.388 e. The van der Waals surface area contributed by atoms with E-state index in [1.165, 1.54) is 5.56 Å². The molecule has 3 heteroatoms. The predicted octanol–water partition coefficient (Wildman–Crippen LogP) is 7.99. The molecule has 32 heavy (non-hydrogen) atoms. The van der Waals surface area contributed by atoms with Crippen LogP contribution >= 0.6 is 0 Å². The van der Waals surface area contributed by atoms with Crippen LogP contribution in [0.3, 0.4) is 0 Å². The molecule has 1 unspecified atom stereocenters. The van der Waals surface area contributed by atoms with E-state index in [2.05, 4.69) is 60.3 Å². The lowest BCUT2D eigenvalue weighted by Gasteiger charge is -2.24. The summed E-state index contributed by atoms with van der Waals surface area (Å²) in [4.78, 5) is 1.63. The van der Waals surface area contributed by atoms with Crippen molar-refractivity contribution >= 4 is 21.6 Å². The normalized spacial score (nSPS) is 13.8. The van der Waals surface area contributed by atoms with Gasteiger partial charge in [0.2, 0.25) is 0 Å². The second-order valence-electron chi connectivity index (χ2n) is 9.51. The van der Waals surface area contributed by atoms with Gasteiger partial charge in [0.25, 0.3) is 0 Å².